The number of hydrogen-bond acceptors (Lipinski definition) is 6. The number of fused-ring (bicyclic) bond motifs is 1. The highest BCUT2D eigenvalue weighted by Gasteiger charge is 2.34. The molecule has 11 heteroatoms. The van der Waals surface area contributed by atoms with Crippen molar-refractivity contribution in [2.75, 3.05) is 13.1 Å². The number of hydrogen-bond donors (Lipinski definition) is 2. The van der Waals surface area contributed by atoms with Crippen molar-refractivity contribution in [3.8, 4) is 0 Å². The van der Waals surface area contributed by atoms with E-state index in [-0.39, 0.29) is 29.7 Å². The van der Waals surface area contributed by atoms with E-state index >= 15 is 0 Å². The van der Waals surface area contributed by atoms with Crippen molar-refractivity contribution in [1.82, 2.24) is 14.9 Å². The van der Waals surface area contributed by atoms with E-state index in [0.717, 1.165) is 14.2 Å². The van der Waals surface area contributed by atoms with Gasteiger partial charge in [-0.25, -0.2) is 8.42 Å². The molecule has 3 aromatic rings. The topological polar surface area (TPSA) is 126 Å². The first-order valence-electron chi connectivity index (χ1n) is 12.4. The van der Waals surface area contributed by atoms with Crippen LogP contribution in [0.2, 0.25) is 0 Å². The molecule has 2 N–H and O–H groups in total. The molecule has 4 rings (SSSR count). The number of amides is 2. The number of benzene rings is 2. The highest BCUT2D eigenvalue weighted by atomic mass is 79.9. The van der Waals surface area contributed by atoms with Crippen LogP contribution < -0.4 is 10.6 Å². The molecule has 0 saturated carbocycles. The Hall–Kier alpha value is -3.02. The lowest BCUT2D eigenvalue weighted by molar-refractivity contribution is -0.129. The lowest BCUT2D eigenvalue weighted by Crippen LogP contribution is -2.52. The van der Waals surface area contributed by atoms with Crippen LogP contribution in [0.1, 0.15) is 43.7 Å². The van der Waals surface area contributed by atoms with Gasteiger partial charge in [0.25, 0.3) is 5.91 Å². The quantitative estimate of drug-likeness (QED) is 0.402. The van der Waals surface area contributed by atoms with E-state index in [1.165, 1.54) is 12.1 Å². The number of nitrogens with zero attached hydrogens (tertiary/aromatic N) is 1. The molecule has 2 heterocycles. The first-order chi connectivity index (χ1) is 18.0. The zero-order valence-corrected chi connectivity index (χ0v) is 23.5. The van der Waals surface area contributed by atoms with E-state index in [0.29, 0.717) is 24.8 Å². The van der Waals surface area contributed by atoms with Crippen LogP contribution in [0.25, 0.3) is 11.0 Å². The number of para-hydroxylation sites is 1. The van der Waals surface area contributed by atoms with Crippen molar-refractivity contribution < 1.29 is 27.2 Å². The Morgan fingerprint density at radius 1 is 1.13 bits per heavy atom. The third kappa shape index (κ3) is 6.51. The normalized spacial score (nSPS) is 17.8. The number of halogens is 1. The van der Waals surface area contributed by atoms with E-state index in [2.05, 4.69) is 26.6 Å². The number of rotatable bonds is 8. The maximum Gasteiger partial charge on any atom is 0.287 e. The molecule has 2 amide bonds. The average Bonchev–Trinajstić information content (AvgIpc) is 3.22. The van der Waals surface area contributed by atoms with Crippen molar-refractivity contribution >= 4 is 54.5 Å². The fourth-order valence-electron chi connectivity index (χ4n) is 4.41. The second-order valence-corrected chi connectivity index (χ2v) is 12.6. The molecule has 0 aliphatic carbocycles. The molecule has 0 radical (unpaired) electrons. The van der Waals surface area contributed by atoms with Crippen molar-refractivity contribution in [2.45, 2.75) is 50.1 Å². The fraction of sp³-hybridized carbons (Fsp3) is 0.370. The van der Waals surface area contributed by atoms with Crippen molar-refractivity contribution in [3.05, 3.63) is 64.8 Å². The van der Waals surface area contributed by atoms with Crippen LogP contribution in [0, 0.1) is 5.92 Å². The molecule has 202 valence electrons. The minimum Gasteiger partial charge on any atom is -0.451 e. The predicted octanol–water partition coefficient (Wildman–Crippen LogP) is 3.88. The van der Waals surface area contributed by atoms with E-state index in [4.69, 9.17) is 4.42 Å². The fourth-order valence-corrected chi connectivity index (χ4v) is 6.12. The number of Topliss-reactive ketones (excluding diaryl/α,β-unsaturated/α-hetero) is 1. The molecule has 38 heavy (non-hydrogen) atoms. The number of ketones is 1. The van der Waals surface area contributed by atoms with Gasteiger partial charge >= 0.3 is 0 Å². The third-order valence-electron chi connectivity index (χ3n) is 6.37. The van der Waals surface area contributed by atoms with Gasteiger partial charge in [-0.05, 0) is 61.6 Å². The molecule has 0 spiro atoms. The summed E-state index contributed by atoms with van der Waals surface area (Å²) in [6, 6.07) is 13.3. The highest BCUT2D eigenvalue weighted by molar-refractivity contribution is 9.10. The van der Waals surface area contributed by atoms with Crippen molar-refractivity contribution in [1.29, 1.82) is 0 Å². The molecule has 1 saturated heterocycles. The van der Waals surface area contributed by atoms with Crippen LogP contribution in [0.15, 0.2) is 68.4 Å². The minimum absolute atomic E-state index is 0.0816. The van der Waals surface area contributed by atoms with Crippen LogP contribution in [-0.2, 0) is 19.6 Å². The van der Waals surface area contributed by atoms with Crippen LogP contribution in [0.3, 0.4) is 0 Å². The second-order valence-electron chi connectivity index (χ2n) is 9.77. The molecule has 9 nitrogen and oxygen atoms in total. The first kappa shape index (κ1) is 28.0. The Morgan fingerprint density at radius 2 is 1.84 bits per heavy atom. The zero-order chi connectivity index (χ0) is 27.4. The largest absolute Gasteiger partial charge is 0.451 e. The minimum atomic E-state index is -3.87. The Balaban J connectivity index is 1.44. The van der Waals surface area contributed by atoms with Gasteiger partial charge in [-0.3, -0.25) is 14.4 Å². The summed E-state index contributed by atoms with van der Waals surface area (Å²) in [5, 5.41) is 6.27. The predicted molar refractivity (Wildman–Crippen MR) is 146 cm³/mol. The molecular formula is C27H30BrN3O6S. The smallest absolute Gasteiger partial charge is 0.287 e. The summed E-state index contributed by atoms with van der Waals surface area (Å²) in [5.41, 5.74) is 0.564. The maximum absolute atomic E-state index is 13.2. The summed E-state index contributed by atoms with van der Waals surface area (Å²) in [6.07, 6.45) is 1.04. The summed E-state index contributed by atoms with van der Waals surface area (Å²) in [5.74, 6) is -1.25. The monoisotopic (exact) mass is 603 g/mol. The van der Waals surface area contributed by atoms with Gasteiger partial charge < -0.3 is 15.1 Å². The third-order valence-corrected chi connectivity index (χ3v) is 8.76. The number of sulfonamides is 1. The van der Waals surface area contributed by atoms with Crippen LogP contribution in [-0.4, -0.2) is 55.5 Å². The van der Waals surface area contributed by atoms with Gasteiger partial charge in [0.15, 0.2) is 11.5 Å². The van der Waals surface area contributed by atoms with Crippen LogP contribution in [0.5, 0.6) is 0 Å². The molecule has 1 aromatic heterocycles. The lowest BCUT2D eigenvalue weighted by Gasteiger charge is -2.23. The molecule has 1 aliphatic heterocycles. The van der Waals surface area contributed by atoms with Gasteiger partial charge in [0.1, 0.15) is 11.6 Å². The molecule has 1 fully saturated rings. The summed E-state index contributed by atoms with van der Waals surface area (Å²) in [6.45, 7) is 3.67. The zero-order valence-electron chi connectivity index (χ0n) is 21.1. The van der Waals surface area contributed by atoms with Gasteiger partial charge in [0.2, 0.25) is 15.9 Å². The summed E-state index contributed by atoms with van der Waals surface area (Å²) in [7, 11) is -3.87. The lowest BCUT2D eigenvalue weighted by atomic mass is 10.0. The Labute approximate surface area is 230 Å². The number of furan rings is 1. The molecule has 1 aliphatic rings. The van der Waals surface area contributed by atoms with E-state index in [1.54, 1.807) is 30.3 Å². The Kier molecular flexibility index (Phi) is 8.69. The molecule has 1 unspecified atom stereocenters. The van der Waals surface area contributed by atoms with Crippen molar-refractivity contribution in [2.24, 2.45) is 5.92 Å². The van der Waals surface area contributed by atoms with E-state index < -0.39 is 39.7 Å². The van der Waals surface area contributed by atoms with Crippen molar-refractivity contribution in [3.63, 3.8) is 0 Å². The molecule has 2 atom stereocenters. The van der Waals surface area contributed by atoms with Gasteiger partial charge in [-0.1, -0.05) is 48.0 Å². The van der Waals surface area contributed by atoms with Gasteiger partial charge in [0.05, 0.1) is 17.5 Å². The Morgan fingerprint density at radius 3 is 2.53 bits per heavy atom. The number of carbonyl (C=O) groups is 3. The number of nitrogens with one attached hydrogen (secondary N) is 2. The summed E-state index contributed by atoms with van der Waals surface area (Å²) < 4.78 is 33.7. The maximum atomic E-state index is 13.2. The average molecular weight is 605 g/mol. The highest BCUT2D eigenvalue weighted by Crippen LogP contribution is 2.22. The molecular weight excluding hydrogens is 574 g/mol. The van der Waals surface area contributed by atoms with Crippen LogP contribution in [0.4, 0.5) is 0 Å². The van der Waals surface area contributed by atoms with E-state index in [9.17, 15) is 22.8 Å². The SMILES string of the molecule is CC(C)C[C@H](NC(=O)c1cc2ccccc2o1)C(=O)NC1CCCN(S(=O)(=O)c2ccc(Br)cc2)CC1=O. The molecule has 0 bridgehead atoms. The van der Waals surface area contributed by atoms with Gasteiger partial charge in [-0.2, -0.15) is 4.31 Å². The number of carbonyl (C=O) groups excluding carboxylic acids is 3. The summed E-state index contributed by atoms with van der Waals surface area (Å²) >= 11 is 3.29. The van der Waals surface area contributed by atoms with E-state index in [1.807, 2.05) is 26.0 Å². The summed E-state index contributed by atoms with van der Waals surface area (Å²) in [4.78, 5) is 39.3. The van der Waals surface area contributed by atoms with Crippen LogP contribution >= 0.6 is 15.9 Å². The van der Waals surface area contributed by atoms with Gasteiger partial charge in [-0.15, -0.1) is 0 Å². The second kappa shape index (κ2) is 11.8. The van der Waals surface area contributed by atoms with Gasteiger partial charge in [0, 0.05) is 16.4 Å². The first-order valence-corrected chi connectivity index (χ1v) is 14.7. The molecule has 2 aromatic carbocycles. The Bertz CT molecular complexity index is 1400. The standard InChI is InChI=1S/C27H30BrN3O6S/c1-17(2)14-22(30-27(34)25-15-18-6-3-4-8-24(18)37-25)26(33)29-21-7-5-13-31(16-23(21)32)38(35,36)20-11-9-19(28)10-12-20/h3-4,6,8-12,15,17,21-22H,5,7,13-14,16H2,1-2H3,(H,29,33)(H,30,34)/t21?,22-/m0/s1.